The Balaban J connectivity index is 1.79. The summed E-state index contributed by atoms with van der Waals surface area (Å²) in [6.07, 6.45) is 0.950. The summed E-state index contributed by atoms with van der Waals surface area (Å²) in [6.45, 7) is 1.86. The lowest BCUT2D eigenvalue weighted by Crippen LogP contribution is -2.53. The molecule has 0 aliphatic rings. The molecule has 10 heteroatoms. The van der Waals surface area contributed by atoms with Crippen molar-refractivity contribution < 1.29 is 18.0 Å². The third-order valence-corrected chi connectivity index (χ3v) is 9.53. The van der Waals surface area contributed by atoms with E-state index in [1.54, 1.807) is 66.7 Å². The molecule has 0 radical (unpaired) electrons. The highest BCUT2D eigenvalue weighted by molar-refractivity contribution is 9.10. The maximum atomic E-state index is 14.4. The molecule has 224 valence electrons. The Hall–Kier alpha value is -3.66. The van der Waals surface area contributed by atoms with Crippen molar-refractivity contribution in [3.05, 3.63) is 130 Å². The quantitative estimate of drug-likeness (QED) is 0.175. The third-order valence-electron chi connectivity index (χ3n) is 6.84. The van der Waals surface area contributed by atoms with Gasteiger partial charge in [-0.3, -0.25) is 13.9 Å². The van der Waals surface area contributed by atoms with Crippen molar-refractivity contribution in [2.45, 2.75) is 37.2 Å². The lowest BCUT2D eigenvalue weighted by molar-refractivity contribution is -0.140. The lowest BCUT2D eigenvalue weighted by Gasteiger charge is -2.34. The third kappa shape index (κ3) is 8.46. The topological polar surface area (TPSA) is 86.8 Å². The van der Waals surface area contributed by atoms with Gasteiger partial charge >= 0.3 is 0 Å². The number of nitrogens with one attached hydrogen (secondary N) is 1. The highest BCUT2D eigenvalue weighted by atomic mass is 79.9. The van der Waals surface area contributed by atoms with Gasteiger partial charge in [0.1, 0.15) is 12.6 Å². The van der Waals surface area contributed by atoms with Gasteiger partial charge < -0.3 is 10.2 Å². The molecular weight excluding hydrogens is 650 g/mol. The van der Waals surface area contributed by atoms with E-state index in [2.05, 4.69) is 21.2 Å². The molecule has 0 spiro atoms. The maximum Gasteiger partial charge on any atom is 0.264 e. The summed E-state index contributed by atoms with van der Waals surface area (Å²) in [5.41, 5.74) is 1.81. The first-order valence-corrected chi connectivity index (χ1v) is 16.5. The van der Waals surface area contributed by atoms with Crippen molar-refractivity contribution in [2.75, 3.05) is 17.4 Å². The Morgan fingerprint density at radius 1 is 0.860 bits per heavy atom. The normalized spacial score (nSPS) is 11.9. The molecular formula is C33H33BrClN3O4S. The van der Waals surface area contributed by atoms with Crippen molar-refractivity contribution >= 4 is 55.1 Å². The van der Waals surface area contributed by atoms with Gasteiger partial charge in [0.05, 0.1) is 10.6 Å². The number of sulfonamides is 1. The first kappa shape index (κ1) is 32.3. The summed E-state index contributed by atoms with van der Waals surface area (Å²) in [7, 11) is -4.15. The van der Waals surface area contributed by atoms with Crippen LogP contribution in [0.2, 0.25) is 5.02 Å². The molecule has 43 heavy (non-hydrogen) atoms. The van der Waals surface area contributed by atoms with Crippen LogP contribution in [0.5, 0.6) is 0 Å². The van der Waals surface area contributed by atoms with Crippen LogP contribution in [0.3, 0.4) is 0 Å². The minimum atomic E-state index is -4.15. The molecule has 0 saturated carbocycles. The zero-order valence-corrected chi connectivity index (χ0v) is 26.9. The zero-order valence-electron chi connectivity index (χ0n) is 23.7. The standard InChI is InChI=1S/C33H33BrClN3O4S/c1-2-21-36-33(40)31(22-25-11-5-3-6-12-25)37(23-26-13-9-10-16-30(26)35)32(39)24-38(28-19-17-27(34)18-20-28)43(41,42)29-14-7-4-8-15-29/h3-20,31H,2,21-24H2,1H3,(H,36,40)/t31-/m0/s1. The van der Waals surface area contributed by atoms with Crippen LogP contribution in [-0.4, -0.2) is 44.3 Å². The van der Waals surface area contributed by atoms with Crippen LogP contribution in [-0.2, 0) is 32.6 Å². The van der Waals surface area contributed by atoms with E-state index in [0.29, 0.717) is 22.8 Å². The van der Waals surface area contributed by atoms with E-state index in [9.17, 15) is 18.0 Å². The van der Waals surface area contributed by atoms with Crippen molar-refractivity contribution in [3.63, 3.8) is 0 Å². The fourth-order valence-corrected chi connectivity index (χ4v) is 6.48. The number of nitrogens with zero attached hydrogens (tertiary/aromatic N) is 2. The molecule has 0 fully saturated rings. The Bertz CT molecular complexity index is 1620. The van der Waals surface area contributed by atoms with Gasteiger partial charge in [0.2, 0.25) is 11.8 Å². The highest BCUT2D eigenvalue weighted by Crippen LogP contribution is 2.27. The average Bonchev–Trinajstić information content (AvgIpc) is 3.02. The number of anilines is 1. The molecule has 0 unspecified atom stereocenters. The highest BCUT2D eigenvalue weighted by Gasteiger charge is 2.34. The molecule has 4 aromatic carbocycles. The molecule has 0 heterocycles. The second-order valence-corrected chi connectivity index (χ2v) is 13.1. The van der Waals surface area contributed by atoms with E-state index >= 15 is 0 Å². The van der Waals surface area contributed by atoms with Gasteiger partial charge in [0, 0.05) is 29.0 Å². The molecule has 0 aliphatic carbocycles. The summed E-state index contributed by atoms with van der Waals surface area (Å²) < 4.78 is 29.8. The Morgan fingerprint density at radius 3 is 2.09 bits per heavy atom. The minimum Gasteiger partial charge on any atom is -0.354 e. The van der Waals surface area contributed by atoms with E-state index in [1.807, 2.05) is 37.3 Å². The Morgan fingerprint density at radius 2 is 1.47 bits per heavy atom. The van der Waals surface area contributed by atoms with Crippen LogP contribution >= 0.6 is 27.5 Å². The van der Waals surface area contributed by atoms with Gasteiger partial charge in [-0.25, -0.2) is 8.42 Å². The molecule has 2 amide bonds. The van der Waals surface area contributed by atoms with Crippen molar-refractivity contribution in [1.29, 1.82) is 0 Å². The lowest BCUT2D eigenvalue weighted by atomic mass is 10.0. The van der Waals surface area contributed by atoms with Gasteiger partial charge in [-0.05, 0) is 60.0 Å². The fraction of sp³-hybridized carbons (Fsp3) is 0.212. The number of hydrogen-bond donors (Lipinski definition) is 1. The molecule has 1 N–H and O–H groups in total. The van der Waals surface area contributed by atoms with E-state index in [-0.39, 0.29) is 23.8 Å². The van der Waals surface area contributed by atoms with Crippen molar-refractivity contribution in [1.82, 2.24) is 10.2 Å². The SMILES string of the molecule is CCCNC(=O)[C@H](Cc1ccccc1)N(Cc1ccccc1Cl)C(=O)CN(c1ccc(Br)cc1)S(=O)(=O)c1ccccc1. The van der Waals surface area contributed by atoms with E-state index < -0.39 is 28.5 Å². The van der Waals surface area contributed by atoms with Crippen molar-refractivity contribution in [3.8, 4) is 0 Å². The number of hydrogen-bond acceptors (Lipinski definition) is 4. The summed E-state index contributed by atoms with van der Waals surface area (Å²) in [4.78, 5) is 29.5. The number of benzene rings is 4. The maximum absolute atomic E-state index is 14.4. The first-order chi connectivity index (χ1) is 20.7. The molecule has 0 aliphatic heterocycles. The number of halogens is 2. The predicted molar refractivity (Wildman–Crippen MR) is 174 cm³/mol. The number of rotatable bonds is 13. The monoisotopic (exact) mass is 681 g/mol. The summed E-state index contributed by atoms with van der Waals surface area (Å²) in [5, 5.41) is 3.37. The number of carbonyl (C=O) groups excluding carboxylic acids is 2. The number of amides is 2. The zero-order chi connectivity index (χ0) is 30.8. The molecule has 0 bridgehead atoms. The van der Waals surface area contributed by atoms with Gasteiger partial charge in [0.25, 0.3) is 10.0 Å². The van der Waals surface area contributed by atoms with Crippen LogP contribution in [0.1, 0.15) is 24.5 Å². The largest absolute Gasteiger partial charge is 0.354 e. The van der Waals surface area contributed by atoms with Gasteiger partial charge in [-0.2, -0.15) is 0 Å². The van der Waals surface area contributed by atoms with Gasteiger partial charge in [-0.1, -0.05) is 101 Å². The second kappa shape index (κ2) is 15.2. The first-order valence-electron chi connectivity index (χ1n) is 13.9. The van der Waals surface area contributed by atoms with E-state index in [1.165, 1.54) is 17.0 Å². The van der Waals surface area contributed by atoms with Gasteiger partial charge in [-0.15, -0.1) is 0 Å². The molecule has 4 rings (SSSR count). The minimum absolute atomic E-state index is 0.00904. The number of carbonyl (C=O) groups is 2. The Labute approximate surface area is 266 Å². The summed E-state index contributed by atoms with van der Waals surface area (Å²) in [6, 6.07) is 30.2. The van der Waals surface area contributed by atoms with E-state index in [4.69, 9.17) is 11.6 Å². The second-order valence-electron chi connectivity index (χ2n) is 9.91. The average molecular weight is 683 g/mol. The van der Waals surface area contributed by atoms with Crippen LogP contribution in [0.4, 0.5) is 5.69 Å². The van der Waals surface area contributed by atoms with Crippen molar-refractivity contribution in [2.24, 2.45) is 0 Å². The van der Waals surface area contributed by atoms with E-state index in [0.717, 1.165) is 20.8 Å². The fourth-order valence-electron chi connectivity index (χ4n) is 4.59. The van der Waals surface area contributed by atoms with Crippen LogP contribution in [0.25, 0.3) is 0 Å². The smallest absolute Gasteiger partial charge is 0.264 e. The molecule has 0 aromatic heterocycles. The molecule has 0 saturated heterocycles. The molecule has 4 aromatic rings. The predicted octanol–water partition coefficient (Wildman–Crippen LogP) is 6.46. The van der Waals surface area contributed by atoms with Crippen LogP contribution in [0.15, 0.2) is 119 Å². The van der Waals surface area contributed by atoms with Gasteiger partial charge in [0.15, 0.2) is 0 Å². The summed E-state index contributed by atoms with van der Waals surface area (Å²) in [5.74, 6) is -0.873. The summed E-state index contributed by atoms with van der Waals surface area (Å²) >= 11 is 9.92. The van der Waals surface area contributed by atoms with Crippen LogP contribution in [0, 0.1) is 0 Å². The molecule has 7 nitrogen and oxygen atoms in total. The van der Waals surface area contributed by atoms with Crippen LogP contribution < -0.4 is 9.62 Å². The molecule has 1 atom stereocenters. The Kier molecular flexibility index (Phi) is 11.4.